The maximum absolute atomic E-state index is 12.9. The molecule has 34 heavy (non-hydrogen) atoms. The van der Waals surface area contributed by atoms with Gasteiger partial charge in [0.2, 0.25) is 0 Å². The Labute approximate surface area is 193 Å². The highest BCUT2D eigenvalue weighted by molar-refractivity contribution is 5.87. The number of alkyl halides is 3. The summed E-state index contributed by atoms with van der Waals surface area (Å²) in [6.07, 6.45) is -0.638. The molecule has 0 aromatic carbocycles. The zero-order valence-corrected chi connectivity index (χ0v) is 18.5. The summed E-state index contributed by atoms with van der Waals surface area (Å²) in [5, 5.41) is 23.9. The molecular formula is C22H22F3N9. The highest BCUT2D eigenvalue weighted by atomic mass is 19.4. The lowest BCUT2D eigenvalue weighted by atomic mass is 10.1. The smallest absolute Gasteiger partial charge is 0.367 e. The Morgan fingerprint density at radius 1 is 1.12 bits per heavy atom. The lowest BCUT2D eigenvalue weighted by Gasteiger charge is -2.25. The molecule has 176 valence electrons. The van der Waals surface area contributed by atoms with Crippen LogP contribution in [0, 0.1) is 11.3 Å². The quantitative estimate of drug-likeness (QED) is 0.399. The molecule has 0 spiro atoms. The number of nitriles is 1. The van der Waals surface area contributed by atoms with Crippen LogP contribution in [-0.2, 0) is 6.18 Å². The van der Waals surface area contributed by atoms with Crippen molar-refractivity contribution >= 4 is 22.6 Å². The highest BCUT2D eigenvalue weighted by Crippen LogP contribution is 2.29. The Morgan fingerprint density at radius 3 is 2.59 bits per heavy atom. The number of anilines is 1. The molecule has 0 amide bonds. The number of halogens is 3. The fourth-order valence-electron chi connectivity index (χ4n) is 3.65. The fourth-order valence-corrected chi connectivity index (χ4v) is 3.65. The number of nitrogens with one attached hydrogen (secondary N) is 2. The first-order valence-electron chi connectivity index (χ1n) is 10.8. The van der Waals surface area contributed by atoms with Crippen molar-refractivity contribution in [1.29, 1.82) is 5.26 Å². The minimum Gasteiger partial charge on any atom is -0.367 e. The van der Waals surface area contributed by atoms with Crippen LogP contribution in [0.3, 0.4) is 0 Å². The second-order valence-corrected chi connectivity index (χ2v) is 7.72. The van der Waals surface area contributed by atoms with Crippen LogP contribution in [0.5, 0.6) is 0 Å². The van der Waals surface area contributed by atoms with Gasteiger partial charge in [-0.3, -0.25) is 9.38 Å². The van der Waals surface area contributed by atoms with Gasteiger partial charge in [-0.15, -0.1) is 10.2 Å². The van der Waals surface area contributed by atoms with Crippen molar-refractivity contribution in [2.45, 2.75) is 44.9 Å². The second kappa shape index (κ2) is 9.56. The summed E-state index contributed by atoms with van der Waals surface area (Å²) in [4.78, 5) is 12.9. The second-order valence-electron chi connectivity index (χ2n) is 7.72. The molecule has 4 aromatic rings. The van der Waals surface area contributed by atoms with Gasteiger partial charge in [0, 0.05) is 24.8 Å². The van der Waals surface area contributed by atoms with Gasteiger partial charge >= 0.3 is 6.18 Å². The number of fused-ring (bicyclic) bond motifs is 3. The van der Waals surface area contributed by atoms with E-state index in [0.717, 1.165) is 18.7 Å². The predicted octanol–water partition coefficient (Wildman–Crippen LogP) is 3.89. The molecule has 0 saturated heterocycles. The molecule has 9 nitrogen and oxygen atoms in total. The van der Waals surface area contributed by atoms with E-state index in [2.05, 4.69) is 35.8 Å². The van der Waals surface area contributed by atoms with Gasteiger partial charge in [-0.1, -0.05) is 13.8 Å². The normalized spacial score (nSPS) is 13.6. The summed E-state index contributed by atoms with van der Waals surface area (Å²) in [7, 11) is 0. The zero-order valence-electron chi connectivity index (χ0n) is 18.5. The first-order chi connectivity index (χ1) is 16.3. The average molecular weight is 469 g/mol. The van der Waals surface area contributed by atoms with E-state index in [1.807, 2.05) is 19.9 Å². The zero-order chi connectivity index (χ0) is 24.3. The van der Waals surface area contributed by atoms with Crippen LogP contribution in [0.15, 0.2) is 36.8 Å². The molecule has 12 heteroatoms. The summed E-state index contributed by atoms with van der Waals surface area (Å²) in [6.45, 7) is 4.41. The van der Waals surface area contributed by atoms with Gasteiger partial charge < -0.3 is 10.6 Å². The number of hydrogen-bond acceptors (Lipinski definition) is 8. The number of nitrogens with zero attached hydrogens (tertiary/aromatic N) is 7. The third kappa shape index (κ3) is 4.74. The molecule has 0 aliphatic heterocycles. The van der Waals surface area contributed by atoms with E-state index in [1.54, 1.807) is 16.5 Å². The number of hydrogen-bond donors (Lipinski definition) is 2. The van der Waals surface area contributed by atoms with E-state index in [9.17, 15) is 18.4 Å². The minimum atomic E-state index is -4.42. The molecule has 4 rings (SSSR count). The van der Waals surface area contributed by atoms with Crippen molar-refractivity contribution in [3.05, 3.63) is 53.7 Å². The van der Waals surface area contributed by atoms with Gasteiger partial charge in [0.15, 0.2) is 5.82 Å². The largest absolute Gasteiger partial charge is 0.417 e. The fraction of sp³-hybridized carbons (Fsp3) is 0.364. The molecule has 4 heterocycles. The van der Waals surface area contributed by atoms with Crippen LogP contribution < -0.4 is 10.6 Å². The van der Waals surface area contributed by atoms with Crippen molar-refractivity contribution in [3.8, 4) is 6.07 Å². The van der Waals surface area contributed by atoms with E-state index < -0.39 is 11.7 Å². The summed E-state index contributed by atoms with van der Waals surface area (Å²) in [5.41, 5.74) is 1.25. The highest BCUT2D eigenvalue weighted by Gasteiger charge is 2.31. The Morgan fingerprint density at radius 2 is 1.94 bits per heavy atom. The summed E-state index contributed by atoms with van der Waals surface area (Å²) in [6, 6.07) is 7.61. The van der Waals surface area contributed by atoms with Gasteiger partial charge in [-0.2, -0.15) is 23.4 Å². The van der Waals surface area contributed by atoms with Gasteiger partial charge in [-0.05, 0) is 37.1 Å². The van der Waals surface area contributed by atoms with E-state index in [-0.39, 0.29) is 17.8 Å². The van der Waals surface area contributed by atoms with Crippen molar-refractivity contribution in [3.63, 3.8) is 0 Å². The SMILES string of the molecule is CC[C@H](CNc1nc2nncn2c2ccc(C#N)nc12)N[C@@H](CC)c1ccc(C(F)(F)F)cn1. The van der Waals surface area contributed by atoms with E-state index in [4.69, 9.17) is 0 Å². The van der Waals surface area contributed by atoms with Gasteiger partial charge in [0.25, 0.3) is 5.78 Å². The molecule has 0 saturated carbocycles. The van der Waals surface area contributed by atoms with Crippen molar-refractivity contribution in [2.75, 3.05) is 11.9 Å². The van der Waals surface area contributed by atoms with Crippen LogP contribution in [-0.4, -0.2) is 42.1 Å². The lowest BCUT2D eigenvalue weighted by Crippen LogP contribution is -2.38. The van der Waals surface area contributed by atoms with Crippen LogP contribution in [0.25, 0.3) is 16.8 Å². The maximum Gasteiger partial charge on any atom is 0.417 e. The molecule has 0 aliphatic rings. The Kier molecular flexibility index (Phi) is 6.56. The van der Waals surface area contributed by atoms with Crippen LogP contribution in [0.1, 0.15) is 49.7 Å². The molecule has 0 fully saturated rings. The molecular weight excluding hydrogens is 447 g/mol. The first kappa shape index (κ1) is 23.3. The molecule has 0 aliphatic carbocycles. The molecule has 0 radical (unpaired) electrons. The minimum absolute atomic E-state index is 0.0425. The third-order valence-corrected chi connectivity index (χ3v) is 5.54. The first-order valence-corrected chi connectivity index (χ1v) is 10.8. The van der Waals surface area contributed by atoms with Gasteiger partial charge in [-0.25, -0.2) is 4.98 Å². The molecule has 0 bridgehead atoms. The maximum atomic E-state index is 12.9. The Hall–Kier alpha value is -3.85. The third-order valence-electron chi connectivity index (χ3n) is 5.54. The van der Waals surface area contributed by atoms with Gasteiger partial charge in [0.1, 0.15) is 23.6 Å². The molecule has 0 unspecified atom stereocenters. The molecule has 4 aromatic heterocycles. The summed E-state index contributed by atoms with van der Waals surface area (Å²) >= 11 is 0. The topological polar surface area (TPSA) is 117 Å². The van der Waals surface area contributed by atoms with Crippen molar-refractivity contribution in [1.82, 2.24) is 34.9 Å². The predicted molar refractivity (Wildman–Crippen MR) is 119 cm³/mol. The van der Waals surface area contributed by atoms with Crippen molar-refractivity contribution < 1.29 is 13.2 Å². The molecule has 2 N–H and O–H groups in total. The van der Waals surface area contributed by atoms with Crippen molar-refractivity contribution in [2.24, 2.45) is 0 Å². The van der Waals surface area contributed by atoms with Gasteiger partial charge in [0.05, 0.1) is 16.8 Å². The van der Waals surface area contributed by atoms with Crippen LogP contribution >= 0.6 is 0 Å². The molecule has 2 atom stereocenters. The Balaban J connectivity index is 1.54. The number of rotatable bonds is 8. The van der Waals surface area contributed by atoms with E-state index in [0.29, 0.717) is 41.3 Å². The monoisotopic (exact) mass is 469 g/mol. The lowest BCUT2D eigenvalue weighted by molar-refractivity contribution is -0.137. The van der Waals surface area contributed by atoms with Crippen LogP contribution in [0.2, 0.25) is 0 Å². The summed E-state index contributed by atoms with van der Waals surface area (Å²) in [5.74, 6) is 0.858. The van der Waals surface area contributed by atoms with E-state index in [1.165, 1.54) is 12.4 Å². The van der Waals surface area contributed by atoms with E-state index >= 15 is 0 Å². The number of pyridine rings is 2. The average Bonchev–Trinajstić information content (AvgIpc) is 3.32. The standard InChI is InChI=1S/C22H22F3N9/c1-3-14(30-16(4-2)17-7-5-13(10-27-17)22(23,24)25)11-28-20-19-18(8-6-15(9-26)31-19)34-12-29-33-21(34)32-20/h5-8,10,12,14,16,30H,3-4,11H2,1-2H3,(H,28,32,33)/t14-,16+/m1/s1. The van der Waals surface area contributed by atoms with Crippen LogP contribution in [0.4, 0.5) is 19.0 Å². The summed E-state index contributed by atoms with van der Waals surface area (Å²) < 4.78 is 40.3. The number of aromatic nitrogens is 6. The Bertz CT molecular complexity index is 1330.